The van der Waals surface area contributed by atoms with E-state index in [4.69, 9.17) is 9.47 Å². The Balaban J connectivity index is -0.000000919. The molecule has 402 valence electrons. The van der Waals surface area contributed by atoms with Crippen LogP contribution in [0.15, 0.2) is 0 Å². The third-order valence-corrected chi connectivity index (χ3v) is 13.2. The summed E-state index contributed by atoms with van der Waals surface area (Å²) in [6.07, 6.45) is 65.0. The topological polar surface area (TPSA) is 78.9 Å². The summed E-state index contributed by atoms with van der Waals surface area (Å²) >= 11 is 0. The molecule has 0 amide bonds. The highest BCUT2D eigenvalue weighted by molar-refractivity contribution is 5.69. The highest BCUT2D eigenvalue weighted by Crippen LogP contribution is 2.17. The number of ether oxygens (including phenoxy) is 3. The molecule has 6 nitrogen and oxygen atoms in total. The Morgan fingerprint density at radius 1 is 0.239 bits per heavy atom. The summed E-state index contributed by atoms with van der Waals surface area (Å²) in [6.45, 7) is 11.9. The van der Waals surface area contributed by atoms with Crippen LogP contribution in [0.25, 0.3) is 0 Å². The van der Waals surface area contributed by atoms with Gasteiger partial charge in [-0.2, -0.15) is 0 Å². The number of hydrogen-bond acceptors (Lipinski definition) is 6. The second kappa shape index (κ2) is 66.5. The normalized spacial score (nSPS) is 10.8. The van der Waals surface area contributed by atoms with E-state index in [1.165, 1.54) is 277 Å². The molecule has 0 bridgehead atoms. The first kappa shape index (κ1) is 69.7. The standard InChI is InChI=1S/C22H44O2.C20H40O2.C19H38O2/c1-3-5-7-8-9-10-11-12-13-14-15-16-17-18-19-20-22(23)24-21-6-4-2;1-3-5-6-7-8-9-10-11-12-13-14-15-16-17-18-19-20(21)22-4-2;1-3-4-5-6-7-8-9-10-11-12-13-14-15-16-17-18-19(20)21-2/h3-21H2,1-2H3;3-19H2,1-2H3;3-18H2,1-2H3. The van der Waals surface area contributed by atoms with Gasteiger partial charge in [0.2, 0.25) is 0 Å². The minimum atomic E-state index is -0.0651. The quantitative estimate of drug-likeness (QED) is 0.0343. The van der Waals surface area contributed by atoms with Crippen molar-refractivity contribution in [3.63, 3.8) is 0 Å². The Labute approximate surface area is 420 Å². The second-order valence-electron chi connectivity index (χ2n) is 20.1. The lowest BCUT2D eigenvalue weighted by atomic mass is 10.0. The Kier molecular flexibility index (Phi) is 69.1. The third-order valence-electron chi connectivity index (χ3n) is 13.2. The fourth-order valence-electron chi connectivity index (χ4n) is 8.66. The molecule has 0 aliphatic heterocycles. The van der Waals surface area contributed by atoms with Crippen molar-refractivity contribution in [2.45, 2.75) is 356 Å². The lowest BCUT2D eigenvalue weighted by Gasteiger charge is -2.04. The zero-order valence-electron chi connectivity index (χ0n) is 46.7. The average molecular weight is 952 g/mol. The van der Waals surface area contributed by atoms with E-state index in [1.54, 1.807) is 0 Å². The molecule has 0 fully saturated rings. The van der Waals surface area contributed by atoms with E-state index >= 15 is 0 Å². The van der Waals surface area contributed by atoms with Gasteiger partial charge >= 0.3 is 17.9 Å². The molecule has 0 spiro atoms. The number of carbonyl (C=O) groups is 3. The Morgan fingerprint density at radius 3 is 0.642 bits per heavy atom. The van der Waals surface area contributed by atoms with Crippen molar-refractivity contribution in [2.24, 2.45) is 0 Å². The molecule has 0 aliphatic carbocycles. The van der Waals surface area contributed by atoms with Gasteiger partial charge in [0.25, 0.3) is 0 Å². The fraction of sp³-hybridized carbons (Fsp3) is 0.951. The van der Waals surface area contributed by atoms with Crippen molar-refractivity contribution < 1.29 is 28.6 Å². The maximum Gasteiger partial charge on any atom is 0.305 e. The van der Waals surface area contributed by atoms with E-state index in [-0.39, 0.29) is 17.9 Å². The smallest absolute Gasteiger partial charge is 0.305 e. The number of hydrogen-bond donors (Lipinski definition) is 0. The first-order chi connectivity index (χ1) is 32.9. The first-order valence-electron chi connectivity index (χ1n) is 30.3. The van der Waals surface area contributed by atoms with Crippen molar-refractivity contribution in [3.05, 3.63) is 0 Å². The van der Waals surface area contributed by atoms with Crippen LogP contribution >= 0.6 is 0 Å². The van der Waals surface area contributed by atoms with Crippen LogP contribution < -0.4 is 0 Å². The maximum absolute atomic E-state index is 11.4. The van der Waals surface area contributed by atoms with Gasteiger partial charge in [0.05, 0.1) is 20.3 Å². The predicted octanol–water partition coefficient (Wildman–Crippen LogP) is 20.8. The second-order valence-corrected chi connectivity index (χ2v) is 20.1. The summed E-state index contributed by atoms with van der Waals surface area (Å²) in [4.78, 5) is 33.5. The van der Waals surface area contributed by atoms with Gasteiger partial charge in [0.1, 0.15) is 0 Å². The van der Waals surface area contributed by atoms with Crippen molar-refractivity contribution in [1.82, 2.24) is 0 Å². The summed E-state index contributed by atoms with van der Waals surface area (Å²) in [5.41, 5.74) is 0. The predicted molar refractivity (Wildman–Crippen MR) is 293 cm³/mol. The summed E-state index contributed by atoms with van der Waals surface area (Å²) in [5, 5.41) is 0. The molecular formula is C61H122O6. The van der Waals surface area contributed by atoms with Gasteiger partial charge in [-0.1, -0.05) is 304 Å². The maximum atomic E-state index is 11.4. The Morgan fingerprint density at radius 2 is 0.433 bits per heavy atom. The fourth-order valence-corrected chi connectivity index (χ4v) is 8.66. The minimum Gasteiger partial charge on any atom is -0.469 e. The van der Waals surface area contributed by atoms with E-state index in [0.717, 1.165) is 32.1 Å². The number of rotatable bonds is 52. The van der Waals surface area contributed by atoms with Crippen LogP contribution in [-0.2, 0) is 28.6 Å². The molecule has 0 atom stereocenters. The minimum absolute atomic E-state index is 0.00172. The van der Waals surface area contributed by atoms with Crippen LogP contribution in [0.3, 0.4) is 0 Å². The Hall–Kier alpha value is -1.59. The molecule has 0 aliphatic rings. The highest BCUT2D eigenvalue weighted by Gasteiger charge is 2.03. The van der Waals surface area contributed by atoms with Gasteiger partial charge in [-0.25, -0.2) is 0 Å². The molecule has 0 aromatic heterocycles. The van der Waals surface area contributed by atoms with Crippen LogP contribution in [0.2, 0.25) is 0 Å². The number of carbonyl (C=O) groups excluding carboxylic acids is 3. The van der Waals surface area contributed by atoms with Crippen molar-refractivity contribution in [3.8, 4) is 0 Å². The van der Waals surface area contributed by atoms with Crippen LogP contribution in [0.4, 0.5) is 0 Å². The lowest BCUT2D eigenvalue weighted by Crippen LogP contribution is -2.05. The van der Waals surface area contributed by atoms with E-state index < -0.39 is 0 Å². The summed E-state index contributed by atoms with van der Waals surface area (Å²) in [7, 11) is 1.47. The summed E-state index contributed by atoms with van der Waals surface area (Å²) in [5.74, 6) is -0.0972. The average Bonchev–Trinajstić information content (AvgIpc) is 3.33. The van der Waals surface area contributed by atoms with Crippen LogP contribution in [0.1, 0.15) is 356 Å². The molecule has 67 heavy (non-hydrogen) atoms. The van der Waals surface area contributed by atoms with Crippen LogP contribution in [0, 0.1) is 0 Å². The SMILES string of the molecule is CCCCCCCCCCCCCCCCCC(=O)OC.CCCCCCCCCCCCCCCCCC(=O)OCC.CCCCCCCCCCCCCCCCCC(=O)OCCCC. The summed E-state index contributed by atoms with van der Waals surface area (Å²) < 4.78 is 14.7. The van der Waals surface area contributed by atoms with Gasteiger partial charge in [-0.3, -0.25) is 14.4 Å². The van der Waals surface area contributed by atoms with Gasteiger partial charge in [0, 0.05) is 19.3 Å². The van der Waals surface area contributed by atoms with Crippen molar-refractivity contribution in [1.29, 1.82) is 0 Å². The monoisotopic (exact) mass is 951 g/mol. The molecule has 0 saturated carbocycles. The van der Waals surface area contributed by atoms with Crippen LogP contribution in [-0.4, -0.2) is 38.2 Å². The molecule has 0 unspecified atom stereocenters. The van der Waals surface area contributed by atoms with Crippen molar-refractivity contribution >= 4 is 17.9 Å². The number of esters is 3. The van der Waals surface area contributed by atoms with E-state index in [9.17, 15) is 14.4 Å². The molecule has 0 aromatic carbocycles. The molecule has 0 saturated heterocycles. The van der Waals surface area contributed by atoms with Crippen molar-refractivity contribution in [2.75, 3.05) is 20.3 Å². The highest BCUT2D eigenvalue weighted by atomic mass is 16.5. The zero-order valence-corrected chi connectivity index (χ0v) is 46.7. The van der Waals surface area contributed by atoms with Gasteiger partial charge < -0.3 is 14.2 Å². The molecule has 0 heterocycles. The molecule has 0 radical (unpaired) electrons. The van der Waals surface area contributed by atoms with Gasteiger partial charge in [0.15, 0.2) is 0 Å². The Bertz CT molecular complexity index is 921. The van der Waals surface area contributed by atoms with E-state index in [0.29, 0.717) is 32.5 Å². The molecule has 0 rings (SSSR count). The third kappa shape index (κ3) is 71.1. The van der Waals surface area contributed by atoms with Gasteiger partial charge in [-0.05, 0) is 32.6 Å². The largest absolute Gasteiger partial charge is 0.469 e. The summed E-state index contributed by atoms with van der Waals surface area (Å²) in [6, 6.07) is 0. The zero-order chi connectivity index (χ0) is 49.6. The lowest BCUT2D eigenvalue weighted by molar-refractivity contribution is -0.144. The molecular weight excluding hydrogens is 829 g/mol. The van der Waals surface area contributed by atoms with Gasteiger partial charge in [-0.15, -0.1) is 0 Å². The number of unbranched alkanes of at least 4 members (excludes halogenated alkanes) is 43. The molecule has 0 aromatic rings. The first-order valence-corrected chi connectivity index (χ1v) is 30.3. The number of methoxy groups -OCH3 is 1. The molecule has 0 N–H and O–H groups in total. The van der Waals surface area contributed by atoms with E-state index in [2.05, 4.69) is 32.4 Å². The van der Waals surface area contributed by atoms with E-state index in [1.807, 2.05) is 6.92 Å². The van der Waals surface area contributed by atoms with Crippen LogP contribution in [0.5, 0.6) is 0 Å². The molecule has 6 heteroatoms.